The van der Waals surface area contributed by atoms with Gasteiger partial charge < -0.3 is 10.3 Å². The van der Waals surface area contributed by atoms with E-state index in [1.165, 1.54) is 6.07 Å². The van der Waals surface area contributed by atoms with Crippen molar-refractivity contribution in [1.82, 2.24) is 10.1 Å². The molecule has 0 aliphatic carbocycles. The van der Waals surface area contributed by atoms with Gasteiger partial charge in [-0.3, -0.25) is 10.1 Å². The maximum atomic E-state index is 11.0. The van der Waals surface area contributed by atoms with Crippen LogP contribution in [0.4, 0.5) is 5.69 Å². The van der Waals surface area contributed by atoms with E-state index < -0.39 is 10.3 Å². The van der Waals surface area contributed by atoms with Gasteiger partial charge in [-0.15, -0.1) is 0 Å². The van der Waals surface area contributed by atoms with Crippen molar-refractivity contribution >= 4 is 5.69 Å². The Kier molecular flexibility index (Phi) is 3.80. The van der Waals surface area contributed by atoms with Gasteiger partial charge in [0.1, 0.15) is 5.56 Å². The van der Waals surface area contributed by atoms with Crippen LogP contribution in [-0.4, -0.2) is 21.6 Å². The maximum absolute atomic E-state index is 11.0. The Morgan fingerprint density at radius 2 is 2.15 bits per heavy atom. The zero-order valence-electron chi connectivity index (χ0n) is 11.4. The van der Waals surface area contributed by atoms with Crippen molar-refractivity contribution < 1.29 is 9.45 Å². The van der Waals surface area contributed by atoms with E-state index in [0.29, 0.717) is 18.0 Å². The van der Waals surface area contributed by atoms with Crippen molar-refractivity contribution in [1.29, 1.82) is 0 Å². The third kappa shape index (κ3) is 2.39. The van der Waals surface area contributed by atoms with Gasteiger partial charge in [0.15, 0.2) is 0 Å². The molecule has 1 unspecified atom stereocenters. The van der Waals surface area contributed by atoms with Crippen molar-refractivity contribution in [2.45, 2.75) is 25.7 Å². The van der Waals surface area contributed by atoms with E-state index >= 15 is 0 Å². The van der Waals surface area contributed by atoms with E-state index in [0.717, 1.165) is 6.42 Å². The molecule has 2 N–H and O–H groups in total. The largest absolute Gasteiger partial charge is 0.338 e. The summed E-state index contributed by atoms with van der Waals surface area (Å²) in [6.07, 6.45) is 0.738. The van der Waals surface area contributed by atoms with Gasteiger partial charge in [0.2, 0.25) is 11.7 Å². The summed E-state index contributed by atoms with van der Waals surface area (Å²) in [5.74, 6) is 0.607. The average molecular weight is 276 g/mol. The molecule has 20 heavy (non-hydrogen) atoms. The highest BCUT2D eigenvalue weighted by Gasteiger charge is 2.30. The molecule has 0 radical (unpaired) electrons. The lowest BCUT2D eigenvalue weighted by atomic mass is 9.88. The molecule has 0 saturated carbocycles. The minimum absolute atomic E-state index is 0.0502. The predicted octanol–water partition coefficient (Wildman–Crippen LogP) is 2.27. The lowest BCUT2D eigenvalue weighted by Crippen LogP contribution is -2.31. The normalized spacial score (nSPS) is 13.9. The first-order valence-corrected chi connectivity index (χ1v) is 6.30. The molecule has 0 spiro atoms. The third-order valence-corrected chi connectivity index (χ3v) is 3.51. The molecule has 106 valence electrons. The van der Waals surface area contributed by atoms with Crippen LogP contribution in [0, 0.1) is 10.1 Å². The third-order valence-electron chi connectivity index (χ3n) is 3.51. The fourth-order valence-corrected chi connectivity index (χ4v) is 1.78. The number of rotatable bonds is 5. The number of aromatic nitrogens is 2. The fraction of sp³-hybridized carbons (Fsp3) is 0.385. The van der Waals surface area contributed by atoms with E-state index in [9.17, 15) is 10.1 Å². The fourth-order valence-electron chi connectivity index (χ4n) is 1.78. The van der Waals surface area contributed by atoms with Gasteiger partial charge in [-0.1, -0.05) is 24.2 Å². The Labute approximate surface area is 115 Å². The van der Waals surface area contributed by atoms with E-state index in [1.807, 2.05) is 13.8 Å². The molecule has 7 heteroatoms. The van der Waals surface area contributed by atoms with Crippen LogP contribution in [0.15, 0.2) is 28.8 Å². The first-order chi connectivity index (χ1) is 9.51. The van der Waals surface area contributed by atoms with Crippen LogP contribution in [0.5, 0.6) is 0 Å². The Hall–Kier alpha value is -2.28. The van der Waals surface area contributed by atoms with Crippen molar-refractivity contribution in [2.24, 2.45) is 5.73 Å². The predicted molar refractivity (Wildman–Crippen MR) is 73.1 cm³/mol. The van der Waals surface area contributed by atoms with Crippen molar-refractivity contribution in [3.05, 3.63) is 40.3 Å². The van der Waals surface area contributed by atoms with E-state index in [1.54, 1.807) is 18.2 Å². The van der Waals surface area contributed by atoms with Crippen LogP contribution >= 0.6 is 0 Å². The van der Waals surface area contributed by atoms with Crippen LogP contribution < -0.4 is 5.73 Å². The molecule has 0 aliphatic heterocycles. The van der Waals surface area contributed by atoms with E-state index in [2.05, 4.69) is 10.1 Å². The highest BCUT2D eigenvalue weighted by Crippen LogP contribution is 2.30. The summed E-state index contributed by atoms with van der Waals surface area (Å²) in [6.45, 7) is 4.26. The molecule has 0 fully saturated rings. The van der Waals surface area contributed by atoms with Gasteiger partial charge in [-0.25, -0.2) is 0 Å². The maximum Gasteiger partial charge on any atom is 0.280 e. The van der Waals surface area contributed by atoms with Gasteiger partial charge in [-0.2, -0.15) is 4.98 Å². The summed E-state index contributed by atoms with van der Waals surface area (Å²) in [5, 5.41) is 14.9. The summed E-state index contributed by atoms with van der Waals surface area (Å²) in [7, 11) is 0. The number of benzene rings is 1. The number of nitrogens with zero attached hydrogens (tertiary/aromatic N) is 3. The molecule has 1 atom stereocenters. The molecule has 0 amide bonds. The van der Waals surface area contributed by atoms with Crippen LogP contribution in [0.2, 0.25) is 0 Å². The zero-order chi connectivity index (χ0) is 14.8. The average Bonchev–Trinajstić information content (AvgIpc) is 2.96. The lowest BCUT2D eigenvalue weighted by Gasteiger charge is -2.20. The Morgan fingerprint density at radius 3 is 2.75 bits per heavy atom. The number of hydrogen-bond donors (Lipinski definition) is 1. The molecular weight excluding hydrogens is 260 g/mol. The molecule has 2 aromatic rings. The highest BCUT2D eigenvalue weighted by atomic mass is 16.6. The van der Waals surface area contributed by atoms with Gasteiger partial charge in [-0.05, 0) is 19.4 Å². The summed E-state index contributed by atoms with van der Waals surface area (Å²) < 4.78 is 5.24. The van der Waals surface area contributed by atoms with Crippen molar-refractivity contribution in [2.75, 3.05) is 6.54 Å². The molecule has 1 heterocycles. The molecule has 2 rings (SSSR count). The number of hydrogen-bond acceptors (Lipinski definition) is 6. The monoisotopic (exact) mass is 276 g/mol. The summed E-state index contributed by atoms with van der Waals surface area (Å²) in [4.78, 5) is 14.8. The standard InChI is InChI=1S/C13H16N4O3/c1-3-13(2,8-14)12-15-11(16-20-12)9-6-4-5-7-10(9)17(18)19/h4-7H,3,8,14H2,1-2H3. The number of nitrogens with two attached hydrogens (primary N) is 1. The first kappa shape index (κ1) is 14.1. The Bertz CT molecular complexity index is 620. The molecule has 0 saturated heterocycles. The smallest absolute Gasteiger partial charge is 0.280 e. The lowest BCUT2D eigenvalue weighted by molar-refractivity contribution is -0.384. The summed E-state index contributed by atoms with van der Waals surface area (Å²) in [5.41, 5.74) is 5.60. The van der Waals surface area contributed by atoms with Crippen LogP contribution in [-0.2, 0) is 5.41 Å². The molecule has 0 bridgehead atoms. The van der Waals surface area contributed by atoms with E-state index in [4.69, 9.17) is 10.3 Å². The minimum atomic E-state index is -0.465. The Morgan fingerprint density at radius 1 is 1.45 bits per heavy atom. The molecule has 1 aromatic carbocycles. The van der Waals surface area contributed by atoms with Gasteiger partial charge >= 0.3 is 0 Å². The number of nitro groups is 1. The van der Waals surface area contributed by atoms with E-state index in [-0.39, 0.29) is 11.5 Å². The first-order valence-electron chi connectivity index (χ1n) is 6.30. The topological polar surface area (TPSA) is 108 Å². The second kappa shape index (κ2) is 5.38. The number of nitro benzene ring substituents is 1. The van der Waals surface area contributed by atoms with Gasteiger partial charge in [0.05, 0.1) is 10.3 Å². The zero-order valence-corrected chi connectivity index (χ0v) is 11.4. The molecule has 1 aromatic heterocycles. The van der Waals surface area contributed by atoms with Crippen molar-refractivity contribution in [3.8, 4) is 11.4 Å². The quantitative estimate of drug-likeness (QED) is 0.662. The minimum Gasteiger partial charge on any atom is -0.338 e. The highest BCUT2D eigenvalue weighted by molar-refractivity contribution is 5.67. The van der Waals surface area contributed by atoms with Crippen LogP contribution in [0.25, 0.3) is 11.4 Å². The Balaban J connectivity index is 2.47. The second-order valence-corrected chi connectivity index (χ2v) is 4.82. The van der Waals surface area contributed by atoms with Gasteiger partial charge in [0, 0.05) is 12.6 Å². The molecule has 0 aliphatic rings. The van der Waals surface area contributed by atoms with Gasteiger partial charge in [0.25, 0.3) is 5.69 Å². The van der Waals surface area contributed by atoms with Crippen LogP contribution in [0.1, 0.15) is 26.2 Å². The number of para-hydroxylation sites is 1. The summed E-state index contributed by atoms with van der Waals surface area (Å²) in [6, 6.07) is 6.30. The van der Waals surface area contributed by atoms with Crippen LogP contribution in [0.3, 0.4) is 0 Å². The second-order valence-electron chi connectivity index (χ2n) is 4.82. The van der Waals surface area contributed by atoms with Crippen molar-refractivity contribution in [3.63, 3.8) is 0 Å². The molecule has 7 nitrogen and oxygen atoms in total. The molecular formula is C13H16N4O3. The SMILES string of the molecule is CCC(C)(CN)c1nc(-c2ccccc2[N+](=O)[O-])no1. The summed E-state index contributed by atoms with van der Waals surface area (Å²) >= 11 is 0.